The maximum Gasteiger partial charge on any atom is 0.126 e. The number of rotatable bonds is 5. The maximum absolute atomic E-state index is 5.69. The molecular formula is C10H16N2O. The molecule has 0 bridgehead atoms. The van der Waals surface area contributed by atoms with E-state index in [0.717, 1.165) is 31.4 Å². The monoisotopic (exact) mass is 180 g/mol. The lowest BCUT2D eigenvalue weighted by atomic mass is 10.1. The van der Waals surface area contributed by atoms with Crippen LogP contribution in [0.4, 0.5) is 5.82 Å². The average molecular weight is 180 g/mol. The summed E-state index contributed by atoms with van der Waals surface area (Å²) in [6.07, 6.45) is 4.88. The number of nitrogens with zero attached hydrogens (tertiary/aromatic N) is 1. The minimum absolute atomic E-state index is 0.653. The Labute approximate surface area is 78.9 Å². The number of aryl methyl sites for hydroxylation is 1. The number of pyridine rings is 1. The lowest BCUT2D eigenvalue weighted by Crippen LogP contribution is -1.98. The molecule has 1 aromatic rings. The van der Waals surface area contributed by atoms with Crippen molar-refractivity contribution in [1.82, 2.24) is 4.98 Å². The summed E-state index contributed by atoms with van der Waals surface area (Å²) in [5.41, 5.74) is 6.83. The average Bonchev–Trinajstić information content (AvgIpc) is 2.15. The number of ether oxygens (including phenoxy) is 1. The number of unbranched alkanes of at least 4 members (excludes halogenated alkanes) is 1. The van der Waals surface area contributed by atoms with E-state index in [2.05, 4.69) is 4.98 Å². The fourth-order valence-electron chi connectivity index (χ4n) is 1.22. The molecule has 0 aromatic carbocycles. The molecule has 13 heavy (non-hydrogen) atoms. The SMILES string of the molecule is COCCCCc1cccnc1N. The van der Waals surface area contributed by atoms with Gasteiger partial charge in [-0.05, 0) is 30.9 Å². The first kappa shape index (κ1) is 9.99. The van der Waals surface area contributed by atoms with E-state index in [1.54, 1.807) is 13.3 Å². The summed E-state index contributed by atoms with van der Waals surface area (Å²) in [4.78, 5) is 4.02. The van der Waals surface area contributed by atoms with Gasteiger partial charge in [-0.1, -0.05) is 6.07 Å². The molecule has 0 spiro atoms. The van der Waals surface area contributed by atoms with Crippen LogP contribution in [0.5, 0.6) is 0 Å². The van der Waals surface area contributed by atoms with E-state index in [0.29, 0.717) is 5.82 Å². The molecule has 1 aromatic heterocycles. The van der Waals surface area contributed by atoms with E-state index in [1.165, 1.54) is 0 Å². The Balaban J connectivity index is 2.32. The fraction of sp³-hybridized carbons (Fsp3) is 0.500. The minimum Gasteiger partial charge on any atom is -0.385 e. The Hall–Kier alpha value is -1.09. The quantitative estimate of drug-likeness (QED) is 0.701. The molecule has 0 saturated carbocycles. The van der Waals surface area contributed by atoms with Crippen LogP contribution in [0.25, 0.3) is 0 Å². The van der Waals surface area contributed by atoms with E-state index in [4.69, 9.17) is 10.5 Å². The maximum atomic E-state index is 5.69. The van der Waals surface area contributed by atoms with Crippen molar-refractivity contribution in [2.24, 2.45) is 0 Å². The van der Waals surface area contributed by atoms with Gasteiger partial charge in [0, 0.05) is 19.9 Å². The lowest BCUT2D eigenvalue weighted by Gasteiger charge is -2.03. The molecule has 72 valence electrons. The smallest absolute Gasteiger partial charge is 0.126 e. The number of hydrogen-bond donors (Lipinski definition) is 1. The highest BCUT2D eigenvalue weighted by Crippen LogP contribution is 2.10. The van der Waals surface area contributed by atoms with Crippen molar-refractivity contribution in [3.05, 3.63) is 23.9 Å². The third-order valence-electron chi connectivity index (χ3n) is 1.97. The third kappa shape index (κ3) is 3.42. The number of methoxy groups -OCH3 is 1. The van der Waals surface area contributed by atoms with Crippen molar-refractivity contribution >= 4 is 5.82 Å². The van der Waals surface area contributed by atoms with Crippen molar-refractivity contribution < 1.29 is 4.74 Å². The van der Waals surface area contributed by atoms with Gasteiger partial charge in [-0.25, -0.2) is 4.98 Å². The summed E-state index contributed by atoms with van der Waals surface area (Å²) in [5.74, 6) is 0.653. The molecule has 1 heterocycles. The number of hydrogen-bond acceptors (Lipinski definition) is 3. The van der Waals surface area contributed by atoms with Crippen LogP contribution in [0.1, 0.15) is 18.4 Å². The molecule has 3 nitrogen and oxygen atoms in total. The first-order valence-electron chi connectivity index (χ1n) is 4.53. The Bertz CT molecular complexity index is 250. The summed E-state index contributed by atoms with van der Waals surface area (Å²) in [6, 6.07) is 3.94. The largest absolute Gasteiger partial charge is 0.385 e. The second-order valence-corrected chi connectivity index (χ2v) is 3.00. The van der Waals surface area contributed by atoms with E-state index >= 15 is 0 Å². The molecule has 0 unspecified atom stereocenters. The van der Waals surface area contributed by atoms with E-state index in [9.17, 15) is 0 Å². The van der Waals surface area contributed by atoms with Crippen molar-refractivity contribution in [1.29, 1.82) is 0 Å². The summed E-state index contributed by atoms with van der Waals surface area (Å²) >= 11 is 0. The summed E-state index contributed by atoms with van der Waals surface area (Å²) in [6.45, 7) is 0.820. The van der Waals surface area contributed by atoms with Crippen LogP contribution in [0, 0.1) is 0 Å². The first-order chi connectivity index (χ1) is 6.34. The molecule has 0 aliphatic rings. The molecule has 0 aliphatic carbocycles. The third-order valence-corrected chi connectivity index (χ3v) is 1.97. The predicted octanol–water partition coefficient (Wildman–Crippen LogP) is 1.63. The summed E-state index contributed by atoms with van der Waals surface area (Å²) in [5, 5.41) is 0. The molecule has 1 rings (SSSR count). The number of nitrogen functional groups attached to an aromatic ring is 1. The topological polar surface area (TPSA) is 48.1 Å². The highest BCUT2D eigenvalue weighted by Gasteiger charge is 1.97. The standard InChI is InChI=1S/C10H16N2O/c1-13-8-3-2-5-9-6-4-7-12-10(9)11/h4,6-7H,2-3,5,8H2,1H3,(H2,11,12). The predicted molar refractivity (Wildman–Crippen MR) is 53.5 cm³/mol. The zero-order chi connectivity index (χ0) is 9.52. The van der Waals surface area contributed by atoms with Gasteiger partial charge in [0.2, 0.25) is 0 Å². The van der Waals surface area contributed by atoms with E-state index in [-0.39, 0.29) is 0 Å². The lowest BCUT2D eigenvalue weighted by molar-refractivity contribution is 0.193. The van der Waals surface area contributed by atoms with E-state index in [1.807, 2.05) is 12.1 Å². The van der Waals surface area contributed by atoms with Crippen molar-refractivity contribution in [3.8, 4) is 0 Å². The fourth-order valence-corrected chi connectivity index (χ4v) is 1.22. The van der Waals surface area contributed by atoms with Crippen LogP contribution in [0.3, 0.4) is 0 Å². The highest BCUT2D eigenvalue weighted by molar-refractivity contribution is 5.38. The van der Waals surface area contributed by atoms with Gasteiger partial charge in [0.15, 0.2) is 0 Å². The van der Waals surface area contributed by atoms with Crippen molar-refractivity contribution in [3.63, 3.8) is 0 Å². The molecule has 2 N–H and O–H groups in total. The van der Waals surface area contributed by atoms with Gasteiger partial charge in [0.25, 0.3) is 0 Å². The van der Waals surface area contributed by atoms with Crippen LogP contribution >= 0.6 is 0 Å². The van der Waals surface area contributed by atoms with Crippen LogP contribution in [-0.4, -0.2) is 18.7 Å². The van der Waals surface area contributed by atoms with Gasteiger partial charge < -0.3 is 10.5 Å². The molecule has 0 saturated heterocycles. The minimum atomic E-state index is 0.653. The van der Waals surface area contributed by atoms with Crippen LogP contribution in [0.15, 0.2) is 18.3 Å². The van der Waals surface area contributed by atoms with Gasteiger partial charge >= 0.3 is 0 Å². The number of aromatic nitrogens is 1. The van der Waals surface area contributed by atoms with Crippen LogP contribution < -0.4 is 5.73 Å². The molecule has 0 fully saturated rings. The molecule has 3 heteroatoms. The van der Waals surface area contributed by atoms with Gasteiger partial charge in [-0.15, -0.1) is 0 Å². The van der Waals surface area contributed by atoms with Gasteiger partial charge in [-0.3, -0.25) is 0 Å². The van der Waals surface area contributed by atoms with Gasteiger partial charge in [0.1, 0.15) is 5.82 Å². The second kappa shape index (κ2) is 5.54. The summed E-state index contributed by atoms with van der Waals surface area (Å²) in [7, 11) is 1.72. The molecule has 0 radical (unpaired) electrons. The van der Waals surface area contributed by atoms with Crippen molar-refractivity contribution in [2.45, 2.75) is 19.3 Å². The molecule has 0 amide bonds. The van der Waals surface area contributed by atoms with Gasteiger partial charge in [-0.2, -0.15) is 0 Å². The van der Waals surface area contributed by atoms with Crippen LogP contribution in [-0.2, 0) is 11.2 Å². The second-order valence-electron chi connectivity index (χ2n) is 3.00. The molecule has 0 aliphatic heterocycles. The Morgan fingerprint density at radius 3 is 3.00 bits per heavy atom. The van der Waals surface area contributed by atoms with E-state index < -0.39 is 0 Å². The summed E-state index contributed by atoms with van der Waals surface area (Å²) < 4.78 is 4.96. The Morgan fingerprint density at radius 1 is 1.46 bits per heavy atom. The van der Waals surface area contributed by atoms with Crippen LogP contribution in [0.2, 0.25) is 0 Å². The highest BCUT2D eigenvalue weighted by atomic mass is 16.5. The molecular weight excluding hydrogens is 164 g/mol. The zero-order valence-electron chi connectivity index (χ0n) is 7.99. The normalized spacial score (nSPS) is 10.2. The number of anilines is 1. The Morgan fingerprint density at radius 2 is 2.31 bits per heavy atom. The van der Waals surface area contributed by atoms with Crippen molar-refractivity contribution in [2.75, 3.05) is 19.5 Å². The first-order valence-corrected chi connectivity index (χ1v) is 4.53. The molecule has 0 atom stereocenters. The number of nitrogens with two attached hydrogens (primary N) is 1. The van der Waals surface area contributed by atoms with Gasteiger partial charge in [0.05, 0.1) is 0 Å². The Kier molecular flexibility index (Phi) is 4.26. The zero-order valence-corrected chi connectivity index (χ0v) is 7.99.